The molecule has 1 rings (SSSR count). The number of hydroxylamine groups is 1. The summed E-state index contributed by atoms with van der Waals surface area (Å²) in [6.45, 7) is 9.10. The van der Waals surface area contributed by atoms with Gasteiger partial charge in [0.05, 0.1) is 23.9 Å². The first-order valence-corrected chi connectivity index (χ1v) is 5.76. The van der Waals surface area contributed by atoms with Crippen molar-refractivity contribution < 1.29 is 4.84 Å². The molecule has 1 atom stereocenters. The molecule has 0 aromatic carbocycles. The summed E-state index contributed by atoms with van der Waals surface area (Å²) in [4.78, 5) is 10.8. The van der Waals surface area contributed by atoms with E-state index in [4.69, 9.17) is 4.84 Å². The topological polar surface area (TPSA) is 34.2 Å². The number of rotatable bonds is 5. The van der Waals surface area contributed by atoms with Gasteiger partial charge in [0.2, 0.25) is 0 Å². The number of nitrogens with one attached hydrogen (secondary N) is 1. The summed E-state index contributed by atoms with van der Waals surface area (Å²) in [5.41, 5.74) is 5.98. The normalized spacial score (nSPS) is 13.5. The third kappa shape index (κ3) is 3.36. The molecule has 0 radical (unpaired) electrons. The fraction of sp³-hybridized carbons (Fsp3) is 0.700. The number of hydrogen-bond donors (Lipinski definition) is 1. The molecule has 80 valence electrons. The van der Waals surface area contributed by atoms with Crippen LogP contribution in [0.4, 0.5) is 0 Å². The van der Waals surface area contributed by atoms with Gasteiger partial charge in [-0.3, -0.25) is 0 Å². The molecule has 14 heavy (non-hydrogen) atoms. The molecule has 1 aromatic heterocycles. The first-order chi connectivity index (χ1) is 6.61. The van der Waals surface area contributed by atoms with Crippen LogP contribution in [0.25, 0.3) is 0 Å². The zero-order chi connectivity index (χ0) is 10.6. The van der Waals surface area contributed by atoms with Crippen LogP contribution in [0.3, 0.4) is 0 Å². The summed E-state index contributed by atoms with van der Waals surface area (Å²) >= 11 is 1.66. The van der Waals surface area contributed by atoms with E-state index in [0.29, 0.717) is 5.92 Å². The molecule has 0 fully saturated rings. The van der Waals surface area contributed by atoms with Crippen molar-refractivity contribution in [2.24, 2.45) is 5.92 Å². The Bertz CT molecular complexity index is 273. The van der Waals surface area contributed by atoms with Crippen LogP contribution in [-0.4, -0.2) is 11.6 Å². The fourth-order valence-electron chi connectivity index (χ4n) is 1.12. The molecule has 1 N–H and O–H groups in total. The highest BCUT2D eigenvalue weighted by Crippen LogP contribution is 2.20. The van der Waals surface area contributed by atoms with Gasteiger partial charge in [-0.1, -0.05) is 13.8 Å². The second-order valence-corrected chi connectivity index (χ2v) is 4.73. The van der Waals surface area contributed by atoms with Crippen LogP contribution in [0.5, 0.6) is 0 Å². The molecular formula is C10H18N2OS. The van der Waals surface area contributed by atoms with Gasteiger partial charge < -0.3 is 4.84 Å². The Kier molecular flexibility index (Phi) is 4.51. The van der Waals surface area contributed by atoms with Crippen molar-refractivity contribution in [3.8, 4) is 0 Å². The van der Waals surface area contributed by atoms with Gasteiger partial charge in [0, 0.05) is 4.88 Å². The van der Waals surface area contributed by atoms with E-state index in [1.54, 1.807) is 11.3 Å². The lowest BCUT2D eigenvalue weighted by molar-refractivity contribution is 0.00463. The van der Waals surface area contributed by atoms with E-state index in [9.17, 15) is 0 Å². The van der Waals surface area contributed by atoms with Crippen LogP contribution in [0.15, 0.2) is 5.51 Å². The molecule has 0 saturated heterocycles. The van der Waals surface area contributed by atoms with E-state index in [1.165, 1.54) is 4.88 Å². The molecular weight excluding hydrogens is 196 g/mol. The van der Waals surface area contributed by atoms with Crippen LogP contribution in [-0.2, 0) is 4.84 Å². The van der Waals surface area contributed by atoms with Crippen molar-refractivity contribution in [2.75, 3.05) is 6.61 Å². The lowest BCUT2D eigenvalue weighted by Crippen LogP contribution is -2.21. The van der Waals surface area contributed by atoms with Gasteiger partial charge in [0.25, 0.3) is 0 Å². The molecule has 4 heteroatoms. The van der Waals surface area contributed by atoms with Crippen molar-refractivity contribution in [3.63, 3.8) is 0 Å². The molecule has 0 spiro atoms. The smallest absolute Gasteiger partial charge is 0.0798 e. The second kappa shape index (κ2) is 5.44. The van der Waals surface area contributed by atoms with Gasteiger partial charge in [0.1, 0.15) is 0 Å². The zero-order valence-corrected chi connectivity index (χ0v) is 10.0. The van der Waals surface area contributed by atoms with E-state index in [2.05, 4.69) is 31.2 Å². The van der Waals surface area contributed by atoms with E-state index in [-0.39, 0.29) is 6.04 Å². The third-order valence-electron chi connectivity index (χ3n) is 1.85. The summed E-state index contributed by atoms with van der Waals surface area (Å²) in [5, 5.41) is 0. The van der Waals surface area contributed by atoms with Crippen LogP contribution in [0.1, 0.15) is 37.4 Å². The Morgan fingerprint density at radius 1 is 1.50 bits per heavy atom. The summed E-state index contributed by atoms with van der Waals surface area (Å²) in [6, 6.07) is 0.223. The average molecular weight is 214 g/mol. The van der Waals surface area contributed by atoms with E-state index in [1.807, 2.05) is 12.4 Å². The maximum Gasteiger partial charge on any atom is 0.0798 e. The minimum absolute atomic E-state index is 0.223. The highest BCUT2D eigenvalue weighted by atomic mass is 32.1. The molecule has 0 amide bonds. The third-order valence-corrected chi connectivity index (χ3v) is 2.97. The highest BCUT2D eigenvalue weighted by Gasteiger charge is 2.10. The SMILES string of the molecule is Cc1ncsc1C(C)NOCC(C)C. The van der Waals surface area contributed by atoms with Crippen LogP contribution in [0, 0.1) is 12.8 Å². The number of hydrogen-bond acceptors (Lipinski definition) is 4. The molecule has 0 aliphatic heterocycles. The lowest BCUT2D eigenvalue weighted by atomic mass is 10.2. The van der Waals surface area contributed by atoms with E-state index < -0.39 is 0 Å². The largest absolute Gasteiger partial charge is 0.301 e. The summed E-state index contributed by atoms with van der Waals surface area (Å²) < 4.78 is 0. The van der Waals surface area contributed by atoms with Gasteiger partial charge >= 0.3 is 0 Å². The predicted molar refractivity (Wildman–Crippen MR) is 59.2 cm³/mol. The molecule has 1 unspecified atom stereocenters. The molecule has 3 nitrogen and oxygen atoms in total. The summed E-state index contributed by atoms with van der Waals surface area (Å²) in [5.74, 6) is 0.553. The van der Waals surface area contributed by atoms with Crippen molar-refractivity contribution in [2.45, 2.75) is 33.7 Å². The van der Waals surface area contributed by atoms with Crippen LogP contribution >= 0.6 is 11.3 Å². The minimum Gasteiger partial charge on any atom is -0.301 e. The molecule has 0 aliphatic carbocycles. The van der Waals surface area contributed by atoms with Gasteiger partial charge in [-0.2, -0.15) is 5.48 Å². The Morgan fingerprint density at radius 3 is 2.71 bits per heavy atom. The van der Waals surface area contributed by atoms with E-state index in [0.717, 1.165) is 12.3 Å². The number of nitrogens with zero attached hydrogens (tertiary/aromatic N) is 1. The summed E-state index contributed by atoms with van der Waals surface area (Å²) in [6.07, 6.45) is 0. The summed E-state index contributed by atoms with van der Waals surface area (Å²) in [7, 11) is 0. The Morgan fingerprint density at radius 2 is 2.21 bits per heavy atom. The number of aryl methyl sites for hydroxylation is 1. The number of aromatic nitrogens is 1. The van der Waals surface area contributed by atoms with Crippen molar-refractivity contribution in [1.82, 2.24) is 10.5 Å². The fourth-order valence-corrected chi connectivity index (χ4v) is 1.92. The Labute approximate surface area is 89.5 Å². The maximum atomic E-state index is 5.36. The van der Waals surface area contributed by atoms with Crippen molar-refractivity contribution in [1.29, 1.82) is 0 Å². The Hall–Kier alpha value is -0.450. The van der Waals surface area contributed by atoms with Gasteiger partial charge in [0.15, 0.2) is 0 Å². The van der Waals surface area contributed by atoms with Crippen LogP contribution in [0.2, 0.25) is 0 Å². The average Bonchev–Trinajstić information content (AvgIpc) is 2.50. The molecule has 0 aliphatic rings. The molecule has 0 saturated carbocycles. The van der Waals surface area contributed by atoms with Gasteiger partial charge in [-0.15, -0.1) is 11.3 Å². The van der Waals surface area contributed by atoms with Crippen LogP contribution < -0.4 is 5.48 Å². The standard InChI is InChI=1S/C10H18N2OS/c1-7(2)5-13-12-9(4)10-8(3)11-6-14-10/h6-7,9,12H,5H2,1-4H3. The van der Waals surface area contributed by atoms with E-state index >= 15 is 0 Å². The maximum absolute atomic E-state index is 5.36. The lowest BCUT2D eigenvalue weighted by Gasteiger charge is -2.13. The predicted octanol–water partition coefficient (Wildman–Crippen LogP) is 2.69. The zero-order valence-electron chi connectivity index (χ0n) is 9.20. The van der Waals surface area contributed by atoms with Gasteiger partial charge in [-0.25, -0.2) is 4.98 Å². The second-order valence-electron chi connectivity index (χ2n) is 3.85. The first-order valence-electron chi connectivity index (χ1n) is 4.88. The first kappa shape index (κ1) is 11.6. The molecule has 0 bridgehead atoms. The molecule has 1 aromatic rings. The quantitative estimate of drug-likeness (QED) is 0.765. The van der Waals surface area contributed by atoms with Crippen molar-refractivity contribution in [3.05, 3.63) is 16.1 Å². The van der Waals surface area contributed by atoms with Crippen molar-refractivity contribution >= 4 is 11.3 Å². The Balaban J connectivity index is 2.36. The highest BCUT2D eigenvalue weighted by molar-refractivity contribution is 7.09. The minimum atomic E-state index is 0.223. The molecule has 1 heterocycles. The monoisotopic (exact) mass is 214 g/mol. The number of thiazole rings is 1. The van der Waals surface area contributed by atoms with Gasteiger partial charge in [-0.05, 0) is 19.8 Å².